The molecule has 0 aromatic heterocycles. The van der Waals surface area contributed by atoms with E-state index >= 15 is 0 Å². The Balaban J connectivity index is 0.00000181. The van der Waals surface area contributed by atoms with E-state index in [0.717, 1.165) is 51.1 Å². The van der Waals surface area contributed by atoms with E-state index < -0.39 is 6.36 Å². The lowest BCUT2D eigenvalue weighted by Crippen LogP contribution is -2.47. The fourth-order valence-electron chi connectivity index (χ4n) is 4.43. The number of ether oxygens (including phenoxy) is 1. The Morgan fingerprint density at radius 2 is 1.69 bits per heavy atom. The molecule has 2 N–H and O–H groups in total. The summed E-state index contributed by atoms with van der Waals surface area (Å²) in [4.78, 5) is 2.44. The van der Waals surface area contributed by atoms with Crippen LogP contribution in [0.2, 0.25) is 0 Å². The average molecular weight is 493 g/mol. The molecule has 3 unspecified atom stereocenters. The second-order valence-corrected chi connectivity index (χ2v) is 8.16. The van der Waals surface area contributed by atoms with E-state index in [4.69, 9.17) is 0 Å². The quantitative estimate of drug-likeness (QED) is 0.604. The SMILES string of the molecule is Cl.Cl.OC1CCC1C(CN1CCNCC1)c1ccc(-c2cccc(OC(F)(F)F)c2)cc1. The Bertz CT molecular complexity index is 846. The molecule has 4 rings (SSSR count). The normalized spacial score (nSPS) is 22.1. The molecule has 2 aliphatic rings. The van der Waals surface area contributed by atoms with Crippen LogP contribution in [-0.4, -0.2) is 55.2 Å². The summed E-state index contributed by atoms with van der Waals surface area (Å²) in [7, 11) is 0. The minimum atomic E-state index is -4.71. The molecule has 0 amide bonds. The number of nitrogens with zero attached hydrogens (tertiary/aromatic N) is 1. The fraction of sp³-hybridized carbons (Fsp3) is 0.478. The fourth-order valence-corrected chi connectivity index (χ4v) is 4.43. The molecule has 4 nitrogen and oxygen atoms in total. The van der Waals surface area contributed by atoms with Crippen molar-refractivity contribution in [2.24, 2.45) is 5.92 Å². The number of hydrogen-bond donors (Lipinski definition) is 2. The third-order valence-electron chi connectivity index (χ3n) is 6.21. The number of aliphatic hydroxyl groups is 1. The lowest BCUT2D eigenvalue weighted by Gasteiger charge is -2.42. The minimum Gasteiger partial charge on any atom is -0.406 e. The number of nitrogens with one attached hydrogen (secondary N) is 1. The number of halogens is 5. The van der Waals surface area contributed by atoms with Crippen LogP contribution in [0.4, 0.5) is 13.2 Å². The van der Waals surface area contributed by atoms with Gasteiger partial charge in [-0.3, -0.25) is 0 Å². The van der Waals surface area contributed by atoms with Gasteiger partial charge in [-0.1, -0.05) is 36.4 Å². The minimum absolute atomic E-state index is 0. The van der Waals surface area contributed by atoms with Crippen LogP contribution in [0.15, 0.2) is 48.5 Å². The Hall–Kier alpha value is -1.51. The van der Waals surface area contributed by atoms with Gasteiger partial charge < -0.3 is 20.1 Å². The van der Waals surface area contributed by atoms with Crippen molar-refractivity contribution in [3.05, 3.63) is 54.1 Å². The van der Waals surface area contributed by atoms with Gasteiger partial charge in [0.2, 0.25) is 0 Å². The van der Waals surface area contributed by atoms with Crippen molar-refractivity contribution >= 4 is 24.8 Å². The summed E-state index contributed by atoms with van der Waals surface area (Å²) < 4.78 is 41.6. The first kappa shape index (κ1) is 26.7. The zero-order valence-corrected chi connectivity index (χ0v) is 19.2. The van der Waals surface area contributed by atoms with E-state index in [9.17, 15) is 18.3 Å². The van der Waals surface area contributed by atoms with Gasteiger partial charge in [0.05, 0.1) is 6.10 Å². The van der Waals surface area contributed by atoms with Crippen LogP contribution in [-0.2, 0) is 0 Å². The molecule has 1 heterocycles. The van der Waals surface area contributed by atoms with E-state index in [1.165, 1.54) is 17.7 Å². The lowest BCUT2D eigenvalue weighted by molar-refractivity contribution is -0.274. The summed E-state index contributed by atoms with van der Waals surface area (Å²) in [5.74, 6) is 0.285. The zero-order valence-electron chi connectivity index (χ0n) is 17.6. The Morgan fingerprint density at radius 1 is 1.00 bits per heavy atom. The van der Waals surface area contributed by atoms with E-state index in [2.05, 4.69) is 15.0 Å². The van der Waals surface area contributed by atoms with Gasteiger partial charge in [0.25, 0.3) is 0 Å². The highest BCUT2D eigenvalue weighted by molar-refractivity contribution is 5.85. The van der Waals surface area contributed by atoms with Crippen molar-refractivity contribution in [1.82, 2.24) is 10.2 Å². The third kappa shape index (κ3) is 6.75. The second kappa shape index (κ2) is 11.6. The highest BCUT2D eigenvalue weighted by atomic mass is 35.5. The Kier molecular flexibility index (Phi) is 9.67. The number of benzene rings is 2. The van der Waals surface area contributed by atoms with Crippen LogP contribution in [0.1, 0.15) is 24.3 Å². The van der Waals surface area contributed by atoms with Crippen LogP contribution in [0.5, 0.6) is 5.75 Å². The topological polar surface area (TPSA) is 44.7 Å². The molecule has 9 heteroatoms. The summed E-state index contributed by atoms with van der Waals surface area (Å²) >= 11 is 0. The molecule has 0 spiro atoms. The van der Waals surface area contributed by atoms with Gasteiger partial charge in [0.1, 0.15) is 5.75 Å². The van der Waals surface area contributed by atoms with Crippen molar-refractivity contribution in [1.29, 1.82) is 0 Å². The van der Waals surface area contributed by atoms with E-state index in [-0.39, 0.29) is 48.5 Å². The molecule has 1 saturated carbocycles. The van der Waals surface area contributed by atoms with E-state index in [0.29, 0.717) is 5.56 Å². The monoisotopic (exact) mass is 492 g/mol. The molecule has 3 atom stereocenters. The van der Waals surface area contributed by atoms with Gasteiger partial charge in [-0.05, 0) is 47.6 Å². The first-order valence-corrected chi connectivity index (χ1v) is 10.5. The summed E-state index contributed by atoms with van der Waals surface area (Å²) in [5.41, 5.74) is 2.68. The van der Waals surface area contributed by atoms with Gasteiger partial charge in [-0.2, -0.15) is 0 Å². The number of rotatable bonds is 6. The smallest absolute Gasteiger partial charge is 0.406 e. The second-order valence-electron chi connectivity index (χ2n) is 8.16. The third-order valence-corrected chi connectivity index (χ3v) is 6.21. The highest BCUT2D eigenvalue weighted by Gasteiger charge is 2.37. The molecule has 32 heavy (non-hydrogen) atoms. The number of alkyl halides is 3. The van der Waals surface area contributed by atoms with Gasteiger partial charge in [-0.15, -0.1) is 38.0 Å². The lowest BCUT2D eigenvalue weighted by atomic mass is 9.70. The van der Waals surface area contributed by atoms with Crippen molar-refractivity contribution in [3.8, 4) is 16.9 Å². The molecule has 1 aliphatic heterocycles. The molecule has 178 valence electrons. The van der Waals surface area contributed by atoms with E-state index in [1.54, 1.807) is 12.1 Å². The number of piperazine rings is 1. The number of hydrogen-bond acceptors (Lipinski definition) is 4. The molecule has 2 aromatic rings. The summed E-state index contributed by atoms with van der Waals surface area (Å²) in [6.45, 7) is 4.88. The molecule has 2 fully saturated rings. The zero-order chi connectivity index (χ0) is 21.1. The predicted molar refractivity (Wildman–Crippen MR) is 124 cm³/mol. The van der Waals surface area contributed by atoms with Crippen LogP contribution < -0.4 is 10.1 Å². The van der Waals surface area contributed by atoms with Crippen LogP contribution in [0.25, 0.3) is 11.1 Å². The van der Waals surface area contributed by atoms with Gasteiger partial charge in [-0.25, -0.2) is 0 Å². The average Bonchev–Trinajstić information content (AvgIpc) is 2.72. The molecule has 0 bridgehead atoms. The highest BCUT2D eigenvalue weighted by Crippen LogP contribution is 2.40. The molecule has 2 aromatic carbocycles. The predicted octanol–water partition coefficient (Wildman–Crippen LogP) is 4.86. The number of aliphatic hydroxyl groups excluding tert-OH is 1. The maximum absolute atomic E-state index is 12.5. The Morgan fingerprint density at radius 3 is 2.25 bits per heavy atom. The van der Waals surface area contributed by atoms with Gasteiger partial charge >= 0.3 is 6.36 Å². The molecule has 0 radical (unpaired) electrons. The maximum atomic E-state index is 12.5. The maximum Gasteiger partial charge on any atom is 0.573 e. The molecular formula is C23H29Cl2F3N2O2. The van der Waals surface area contributed by atoms with Crippen molar-refractivity contribution in [2.45, 2.75) is 31.2 Å². The summed E-state index contributed by atoms with van der Waals surface area (Å²) in [6.07, 6.45) is -3.08. The van der Waals surface area contributed by atoms with Crippen LogP contribution in [0.3, 0.4) is 0 Å². The van der Waals surface area contributed by atoms with Crippen molar-refractivity contribution < 1.29 is 23.0 Å². The van der Waals surface area contributed by atoms with Crippen LogP contribution in [0, 0.1) is 5.92 Å². The van der Waals surface area contributed by atoms with Gasteiger partial charge in [0, 0.05) is 38.6 Å². The first-order valence-electron chi connectivity index (χ1n) is 10.5. The van der Waals surface area contributed by atoms with Crippen molar-refractivity contribution in [3.63, 3.8) is 0 Å². The standard InChI is InChI=1S/C23H27F3N2O2.2ClH/c24-23(25,26)30-19-3-1-2-18(14-19)16-4-6-17(7-5-16)21(20-8-9-22(20)29)15-28-12-10-27-11-13-28;;/h1-7,14,20-22,27,29H,8-13,15H2;2*1H. The van der Waals surface area contributed by atoms with Crippen LogP contribution >= 0.6 is 24.8 Å². The molecular weight excluding hydrogens is 464 g/mol. The molecule has 1 aliphatic carbocycles. The Labute approximate surface area is 199 Å². The van der Waals surface area contributed by atoms with E-state index in [1.807, 2.05) is 24.3 Å². The molecule has 1 saturated heterocycles. The first-order chi connectivity index (χ1) is 14.4. The van der Waals surface area contributed by atoms with Crippen molar-refractivity contribution in [2.75, 3.05) is 32.7 Å². The summed E-state index contributed by atoms with van der Waals surface area (Å²) in [5, 5.41) is 13.7. The largest absolute Gasteiger partial charge is 0.573 e. The van der Waals surface area contributed by atoms with Gasteiger partial charge in [0.15, 0.2) is 0 Å². The summed E-state index contributed by atoms with van der Waals surface area (Å²) in [6, 6.07) is 14.0.